The summed E-state index contributed by atoms with van der Waals surface area (Å²) in [5, 5.41) is 0. The van der Waals surface area contributed by atoms with Crippen LogP contribution < -0.4 is 5.73 Å². The van der Waals surface area contributed by atoms with Gasteiger partial charge in [-0.15, -0.1) is 11.3 Å². The number of nitrogens with two attached hydrogens (primary N) is 1. The molecule has 80 valence electrons. The van der Waals surface area contributed by atoms with Crippen molar-refractivity contribution in [3.63, 3.8) is 0 Å². The van der Waals surface area contributed by atoms with E-state index >= 15 is 0 Å². The standard InChI is InChI=1S/C10H18N2OS/c1-10(2,3)13-6-8(11)4-9-5-12-7-14-9/h5,7-8H,4,6,11H2,1-3H3. The van der Waals surface area contributed by atoms with Gasteiger partial charge in [0.05, 0.1) is 17.7 Å². The van der Waals surface area contributed by atoms with Crippen molar-refractivity contribution >= 4 is 11.3 Å². The quantitative estimate of drug-likeness (QED) is 0.831. The summed E-state index contributed by atoms with van der Waals surface area (Å²) in [5.74, 6) is 0. The molecule has 0 aliphatic heterocycles. The number of nitrogens with zero attached hydrogens (tertiary/aromatic N) is 1. The van der Waals surface area contributed by atoms with Crippen LogP contribution >= 0.6 is 11.3 Å². The molecule has 0 spiro atoms. The molecule has 0 bridgehead atoms. The Morgan fingerprint density at radius 3 is 2.79 bits per heavy atom. The highest BCUT2D eigenvalue weighted by molar-refractivity contribution is 7.09. The van der Waals surface area contributed by atoms with Crippen LogP contribution in [-0.4, -0.2) is 23.2 Å². The summed E-state index contributed by atoms with van der Waals surface area (Å²) in [6.07, 6.45) is 2.71. The van der Waals surface area contributed by atoms with Crippen LogP contribution in [-0.2, 0) is 11.2 Å². The summed E-state index contributed by atoms with van der Waals surface area (Å²) in [6, 6.07) is 0.0645. The average molecular weight is 214 g/mol. The summed E-state index contributed by atoms with van der Waals surface area (Å²) in [4.78, 5) is 5.22. The molecule has 0 amide bonds. The van der Waals surface area contributed by atoms with E-state index in [9.17, 15) is 0 Å². The van der Waals surface area contributed by atoms with Gasteiger partial charge in [0.1, 0.15) is 0 Å². The molecule has 0 aliphatic carbocycles. The third kappa shape index (κ3) is 4.69. The third-order valence-electron chi connectivity index (χ3n) is 1.68. The SMILES string of the molecule is CC(C)(C)OCC(N)Cc1cncs1. The maximum atomic E-state index is 5.93. The fourth-order valence-corrected chi connectivity index (χ4v) is 1.71. The van der Waals surface area contributed by atoms with Gasteiger partial charge in [0.2, 0.25) is 0 Å². The van der Waals surface area contributed by atoms with E-state index in [0.29, 0.717) is 6.61 Å². The van der Waals surface area contributed by atoms with Crippen LogP contribution in [0.2, 0.25) is 0 Å². The number of rotatable bonds is 4. The summed E-state index contributed by atoms with van der Waals surface area (Å²) >= 11 is 1.64. The predicted octanol–water partition coefficient (Wildman–Crippen LogP) is 1.83. The van der Waals surface area contributed by atoms with Crippen molar-refractivity contribution in [3.8, 4) is 0 Å². The minimum Gasteiger partial charge on any atom is -0.374 e. The lowest BCUT2D eigenvalue weighted by Crippen LogP contribution is -2.33. The summed E-state index contributed by atoms with van der Waals surface area (Å²) < 4.78 is 5.60. The molecule has 0 saturated carbocycles. The number of ether oxygens (including phenoxy) is 1. The van der Waals surface area contributed by atoms with E-state index < -0.39 is 0 Å². The van der Waals surface area contributed by atoms with Crippen LogP contribution in [0.4, 0.5) is 0 Å². The molecule has 3 nitrogen and oxygen atoms in total. The highest BCUT2D eigenvalue weighted by atomic mass is 32.1. The maximum absolute atomic E-state index is 5.93. The molecule has 0 aliphatic rings. The number of hydrogen-bond acceptors (Lipinski definition) is 4. The molecule has 1 atom stereocenters. The zero-order valence-corrected chi connectivity index (χ0v) is 9.80. The molecular weight excluding hydrogens is 196 g/mol. The largest absolute Gasteiger partial charge is 0.374 e. The second-order valence-corrected chi connectivity index (χ2v) is 5.33. The number of thiazole rings is 1. The molecule has 1 heterocycles. The van der Waals surface area contributed by atoms with Gasteiger partial charge in [-0.25, -0.2) is 0 Å². The summed E-state index contributed by atoms with van der Waals surface area (Å²) in [6.45, 7) is 6.70. The van der Waals surface area contributed by atoms with Crippen LogP contribution in [0, 0.1) is 0 Å². The number of aromatic nitrogens is 1. The van der Waals surface area contributed by atoms with Crippen molar-refractivity contribution in [1.82, 2.24) is 4.98 Å². The van der Waals surface area contributed by atoms with Gasteiger partial charge < -0.3 is 10.5 Å². The van der Waals surface area contributed by atoms with E-state index in [1.165, 1.54) is 4.88 Å². The Labute approximate surface area is 89.3 Å². The first kappa shape index (κ1) is 11.6. The molecule has 0 radical (unpaired) electrons. The molecule has 0 saturated heterocycles. The van der Waals surface area contributed by atoms with E-state index in [0.717, 1.165) is 6.42 Å². The van der Waals surface area contributed by atoms with Crippen molar-refractivity contribution < 1.29 is 4.74 Å². The van der Waals surface area contributed by atoms with E-state index in [1.54, 1.807) is 11.3 Å². The highest BCUT2D eigenvalue weighted by Crippen LogP contribution is 2.11. The van der Waals surface area contributed by atoms with E-state index in [-0.39, 0.29) is 11.6 Å². The van der Waals surface area contributed by atoms with Crippen molar-refractivity contribution in [2.45, 2.75) is 38.8 Å². The Morgan fingerprint density at radius 1 is 1.57 bits per heavy atom. The van der Waals surface area contributed by atoms with Gasteiger partial charge in [0.15, 0.2) is 0 Å². The molecule has 0 aromatic carbocycles. The van der Waals surface area contributed by atoms with E-state index in [4.69, 9.17) is 10.5 Å². The van der Waals surface area contributed by atoms with Gasteiger partial charge in [-0.3, -0.25) is 4.98 Å². The van der Waals surface area contributed by atoms with Crippen LogP contribution in [0.3, 0.4) is 0 Å². The maximum Gasteiger partial charge on any atom is 0.0794 e. The zero-order valence-electron chi connectivity index (χ0n) is 8.99. The first-order valence-corrected chi connectivity index (χ1v) is 5.62. The van der Waals surface area contributed by atoms with Crippen molar-refractivity contribution in [1.29, 1.82) is 0 Å². The molecular formula is C10H18N2OS. The zero-order chi connectivity index (χ0) is 10.6. The Hall–Kier alpha value is -0.450. The van der Waals surface area contributed by atoms with Gasteiger partial charge in [-0.1, -0.05) is 0 Å². The molecule has 1 rings (SSSR count). The fourth-order valence-electron chi connectivity index (χ4n) is 1.02. The summed E-state index contributed by atoms with van der Waals surface area (Å²) in [5.41, 5.74) is 7.65. The smallest absolute Gasteiger partial charge is 0.0794 e. The van der Waals surface area contributed by atoms with Crippen LogP contribution in [0.15, 0.2) is 11.7 Å². The second kappa shape index (κ2) is 4.87. The molecule has 1 aromatic rings. The fraction of sp³-hybridized carbons (Fsp3) is 0.700. The van der Waals surface area contributed by atoms with Crippen LogP contribution in [0.1, 0.15) is 25.6 Å². The topological polar surface area (TPSA) is 48.1 Å². The average Bonchev–Trinajstić information content (AvgIpc) is 2.52. The predicted molar refractivity (Wildman–Crippen MR) is 59.5 cm³/mol. The molecule has 14 heavy (non-hydrogen) atoms. The lowest BCUT2D eigenvalue weighted by molar-refractivity contribution is -0.00975. The van der Waals surface area contributed by atoms with Crippen LogP contribution in [0.25, 0.3) is 0 Å². The Balaban J connectivity index is 2.26. The Bertz CT molecular complexity index is 254. The van der Waals surface area contributed by atoms with E-state index in [2.05, 4.69) is 4.98 Å². The van der Waals surface area contributed by atoms with Crippen molar-refractivity contribution in [2.75, 3.05) is 6.61 Å². The molecule has 4 heteroatoms. The monoisotopic (exact) mass is 214 g/mol. The van der Waals surface area contributed by atoms with Crippen molar-refractivity contribution in [2.24, 2.45) is 5.73 Å². The van der Waals surface area contributed by atoms with E-state index in [1.807, 2.05) is 32.5 Å². The Kier molecular flexibility index (Phi) is 4.04. The van der Waals surface area contributed by atoms with Crippen LogP contribution in [0.5, 0.6) is 0 Å². The molecule has 1 unspecified atom stereocenters. The minimum atomic E-state index is -0.106. The van der Waals surface area contributed by atoms with Gasteiger partial charge >= 0.3 is 0 Å². The Morgan fingerprint density at radius 2 is 2.29 bits per heavy atom. The molecule has 0 fully saturated rings. The van der Waals surface area contributed by atoms with Gasteiger partial charge in [-0.2, -0.15) is 0 Å². The second-order valence-electron chi connectivity index (χ2n) is 4.36. The minimum absolute atomic E-state index is 0.0645. The summed E-state index contributed by atoms with van der Waals surface area (Å²) in [7, 11) is 0. The number of hydrogen-bond donors (Lipinski definition) is 1. The first-order chi connectivity index (χ1) is 6.47. The normalized spacial score (nSPS) is 14.3. The molecule has 1 aromatic heterocycles. The van der Waals surface area contributed by atoms with Gasteiger partial charge in [0, 0.05) is 23.5 Å². The molecule has 2 N–H and O–H groups in total. The highest BCUT2D eigenvalue weighted by Gasteiger charge is 2.13. The first-order valence-electron chi connectivity index (χ1n) is 4.74. The van der Waals surface area contributed by atoms with Gasteiger partial charge in [-0.05, 0) is 20.8 Å². The third-order valence-corrected chi connectivity index (χ3v) is 2.48. The van der Waals surface area contributed by atoms with Crippen molar-refractivity contribution in [3.05, 3.63) is 16.6 Å². The lowest BCUT2D eigenvalue weighted by atomic mass is 10.1. The van der Waals surface area contributed by atoms with Gasteiger partial charge in [0.25, 0.3) is 0 Å². The lowest BCUT2D eigenvalue weighted by Gasteiger charge is -2.22.